The first-order chi connectivity index (χ1) is 27.2. The van der Waals surface area contributed by atoms with E-state index in [1.165, 1.54) is 44.5 Å². The van der Waals surface area contributed by atoms with Gasteiger partial charge >= 0.3 is 0 Å². The lowest BCUT2D eigenvalue weighted by molar-refractivity contribution is 0.794. The standard InChI is InChI=1S/C51H30N4/c52-31-37-30-46-47(41-19-8-7-17-38(37)41)42-20-10-12-22-44(42)51(46)43-21-11-9-18-39(43)40-28-27-36(29-45(40)51)32-23-25-35(26-24-32)50-54-48(33-13-3-1-4-14-33)53-49(55-50)34-15-5-2-6-16-34/h1-30H. The van der Waals surface area contributed by atoms with Crippen molar-refractivity contribution in [3.05, 3.63) is 210 Å². The predicted molar refractivity (Wildman–Crippen MR) is 220 cm³/mol. The lowest BCUT2D eigenvalue weighted by atomic mass is 9.70. The van der Waals surface area contributed by atoms with Crippen LogP contribution in [0.3, 0.4) is 0 Å². The summed E-state index contributed by atoms with van der Waals surface area (Å²) in [5, 5.41) is 12.6. The predicted octanol–water partition coefficient (Wildman–Crippen LogP) is 11.9. The molecule has 55 heavy (non-hydrogen) atoms. The molecule has 1 unspecified atom stereocenters. The summed E-state index contributed by atoms with van der Waals surface area (Å²) in [6, 6.07) is 66.2. The summed E-state index contributed by atoms with van der Waals surface area (Å²) < 4.78 is 0. The van der Waals surface area contributed by atoms with E-state index in [0.29, 0.717) is 23.0 Å². The van der Waals surface area contributed by atoms with Gasteiger partial charge in [-0.05, 0) is 73.2 Å². The molecule has 1 spiro atoms. The van der Waals surface area contributed by atoms with Gasteiger partial charge in [0, 0.05) is 22.1 Å². The first-order valence-corrected chi connectivity index (χ1v) is 18.5. The number of nitrogens with zero attached hydrogens (tertiary/aromatic N) is 4. The van der Waals surface area contributed by atoms with Crippen molar-refractivity contribution in [1.29, 1.82) is 5.26 Å². The molecule has 9 aromatic rings. The van der Waals surface area contributed by atoms with Crippen molar-refractivity contribution in [3.63, 3.8) is 0 Å². The Kier molecular flexibility index (Phi) is 6.80. The van der Waals surface area contributed by atoms with Crippen molar-refractivity contribution in [3.8, 4) is 73.6 Å². The van der Waals surface area contributed by atoms with Gasteiger partial charge < -0.3 is 0 Å². The van der Waals surface area contributed by atoms with Crippen molar-refractivity contribution in [2.75, 3.05) is 0 Å². The minimum Gasteiger partial charge on any atom is -0.208 e. The van der Waals surface area contributed by atoms with Gasteiger partial charge in [0.2, 0.25) is 0 Å². The summed E-state index contributed by atoms with van der Waals surface area (Å²) in [6.07, 6.45) is 0. The third-order valence-corrected chi connectivity index (χ3v) is 11.4. The van der Waals surface area contributed by atoms with Crippen molar-refractivity contribution in [2.45, 2.75) is 5.41 Å². The van der Waals surface area contributed by atoms with E-state index < -0.39 is 5.41 Å². The van der Waals surface area contributed by atoms with Crippen molar-refractivity contribution >= 4 is 10.8 Å². The number of hydrogen-bond acceptors (Lipinski definition) is 4. The van der Waals surface area contributed by atoms with Crippen LogP contribution >= 0.6 is 0 Å². The van der Waals surface area contributed by atoms with E-state index in [1.54, 1.807) is 0 Å². The van der Waals surface area contributed by atoms with Gasteiger partial charge in [0.05, 0.1) is 17.0 Å². The first-order valence-electron chi connectivity index (χ1n) is 18.5. The Morgan fingerprint density at radius 3 is 1.47 bits per heavy atom. The van der Waals surface area contributed by atoms with Crippen LogP contribution in [-0.4, -0.2) is 15.0 Å². The van der Waals surface area contributed by atoms with Gasteiger partial charge in [-0.1, -0.05) is 170 Å². The van der Waals surface area contributed by atoms with E-state index >= 15 is 0 Å². The summed E-state index contributed by atoms with van der Waals surface area (Å²) in [6.45, 7) is 0. The molecule has 1 atom stereocenters. The number of nitriles is 1. The Bertz CT molecular complexity index is 2980. The van der Waals surface area contributed by atoms with Crippen LogP contribution in [-0.2, 0) is 5.41 Å². The maximum absolute atomic E-state index is 10.5. The average Bonchev–Trinajstić information content (AvgIpc) is 3.73. The van der Waals surface area contributed by atoms with E-state index in [4.69, 9.17) is 15.0 Å². The van der Waals surface area contributed by atoms with E-state index in [0.717, 1.165) is 38.6 Å². The Labute approximate surface area is 318 Å². The maximum atomic E-state index is 10.5. The van der Waals surface area contributed by atoms with E-state index in [1.807, 2.05) is 66.7 Å². The minimum atomic E-state index is -0.573. The van der Waals surface area contributed by atoms with Crippen LogP contribution < -0.4 is 0 Å². The molecule has 11 rings (SSSR count). The zero-order chi connectivity index (χ0) is 36.5. The fraction of sp³-hybridized carbons (Fsp3) is 0.0196. The monoisotopic (exact) mass is 698 g/mol. The van der Waals surface area contributed by atoms with Crippen LogP contribution in [0.5, 0.6) is 0 Å². The molecule has 0 fully saturated rings. The van der Waals surface area contributed by atoms with Gasteiger partial charge in [0.15, 0.2) is 17.5 Å². The molecule has 2 aliphatic rings. The minimum absolute atomic E-state index is 0.573. The number of aromatic nitrogens is 3. The van der Waals surface area contributed by atoms with Crippen LogP contribution in [0.15, 0.2) is 182 Å². The van der Waals surface area contributed by atoms with Gasteiger partial charge in [-0.15, -0.1) is 0 Å². The van der Waals surface area contributed by atoms with Crippen LogP contribution in [0, 0.1) is 11.3 Å². The first kappa shape index (κ1) is 31.1. The summed E-state index contributed by atoms with van der Waals surface area (Å²) in [5.41, 5.74) is 14.9. The highest BCUT2D eigenvalue weighted by atomic mass is 15.0. The molecule has 0 amide bonds. The third kappa shape index (κ3) is 4.54. The van der Waals surface area contributed by atoms with E-state index in [2.05, 4.69) is 121 Å². The quantitative estimate of drug-likeness (QED) is 0.184. The third-order valence-electron chi connectivity index (χ3n) is 11.4. The zero-order valence-corrected chi connectivity index (χ0v) is 29.6. The highest BCUT2D eigenvalue weighted by Gasteiger charge is 2.52. The molecule has 1 heterocycles. The molecule has 0 aliphatic heterocycles. The van der Waals surface area contributed by atoms with E-state index in [-0.39, 0.29) is 0 Å². The fourth-order valence-electron chi connectivity index (χ4n) is 9.02. The molecule has 0 radical (unpaired) electrons. The topological polar surface area (TPSA) is 62.5 Å². The van der Waals surface area contributed by atoms with Gasteiger partial charge in [0.1, 0.15) is 0 Å². The van der Waals surface area contributed by atoms with Gasteiger partial charge in [-0.2, -0.15) is 5.26 Å². The highest BCUT2D eigenvalue weighted by Crippen LogP contribution is 2.64. The summed E-state index contributed by atoms with van der Waals surface area (Å²) in [4.78, 5) is 14.8. The number of rotatable bonds is 4. The largest absolute Gasteiger partial charge is 0.208 e. The lowest BCUT2D eigenvalue weighted by Gasteiger charge is -2.31. The number of benzene rings is 8. The second-order valence-electron chi connectivity index (χ2n) is 14.2. The average molecular weight is 699 g/mol. The molecule has 0 bridgehead atoms. The summed E-state index contributed by atoms with van der Waals surface area (Å²) >= 11 is 0. The molecule has 0 N–H and O–H groups in total. The molecular formula is C51H30N4. The van der Waals surface area contributed by atoms with Gasteiger partial charge in [-0.25, -0.2) is 15.0 Å². The normalized spacial score (nSPS) is 14.6. The van der Waals surface area contributed by atoms with Gasteiger partial charge in [-0.3, -0.25) is 0 Å². The summed E-state index contributed by atoms with van der Waals surface area (Å²) in [5.74, 6) is 1.91. The highest BCUT2D eigenvalue weighted by molar-refractivity contribution is 6.08. The van der Waals surface area contributed by atoms with Gasteiger partial charge in [0.25, 0.3) is 0 Å². The Hall–Kier alpha value is -7.48. The van der Waals surface area contributed by atoms with Crippen LogP contribution in [0.25, 0.3) is 78.3 Å². The van der Waals surface area contributed by atoms with Crippen molar-refractivity contribution < 1.29 is 0 Å². The second-order valence-corrected chi connectivity index (χ2v) is 14.2. The molecule has 2 aliphatic carbocycles. The SMILES string of the molecule is N#Cc1cc2c(c3ccccc13)-c1ccccc1C21c2ccccc2-c2ccc(-c3ccc(-c4nc(-c5ccccc5)nc(-c5ccccc5)n4)cc3)cc21. The summed E-state index contributed by atoms with van der Waals surface area (Å²) in [7, 11) is 0. The molecule has 8 aromatic carbocycles. The number of hydrogen-bond donors (Lipinski definition) is 0. The molecular weight excluding hydrogens is 669 g/mol. The Morgan fingerprint density at radius 2 is 0.836 bits per heavy atom. The van der Waals surface area contributed by atoms with Crippen LogP contribution in [0.1, 0.15) is 27.8 Å². The molecule has 0 saturated heterocycles. The second kappa shape index (κ2) is 12.0. The van der Waals surface area contributed by atoms with Crippen molar-refractivity contribution in [1.82, 2.24) is 15.0 Å². The fourth-order valence-corrected chi connectivity index (χ4v) is 9.02. The smallest absolute Gasteiger partial charge is 0.164 e. The van der Waals surface area contributed by atoms with E-state index in [9.17, 15) is 5.26 Å². The molecule has 1 aromatic heterocycles. The number of fused-ring (bicyclic) bond motifs is 12. The van der Waals surface area contributed by atoms with Crippen molar-refractivity contribution in [2.24, 2.45) is 0 Å². The van der Waals surface area contributed by atoms with Crippen LogP contribution in [0.4, 0.5) is 0 Å². The molecule has 0 saturated carbocycles. The van der Waals surface area contributed by atoms with Crippen LogP contribution in [0.2, 0.25) is 0 Å². The molecule has 4 nitrogen and oxygen atoms in total. The molecule has 4 heteroatoms. The zero-order valence-electron chi connectivity index (χ0n) is 29.6. The molecule has 254 valence electrons. The Morgan fingerprint density at radius 1 is 0.364 bits per heavy atom. The maximum Gasteiger partial charge on any atom is 0.164 e. The Balaban J connectivity index is 1.08. The lowest BCUT2D eigenvalue weighted by Crippen LogP contribution is -2.26.